The zero-order chi connectivity index (χ0) is 15.8. The molecule has 2 amide bonds. The number of thioether (sulfide) groups is 1. The minimum Gasteiger partial charge on any atom is -0.392 e. The quantitative estimate of drug-likeness (QED) is 0.809. The highest BCUT2D eigenvalue weighted by Gasteiger charge is 2.18. The first-order valence-corrected chi connectivity index (χ1v) is 8.51. The van der Waals surface area contributed by atoms with Crippen molar-refractivity contribution in [1.29, 1.82) is 0 Å². The smallest absolute Gasteiger partial charge is 0.322 e. The number of anilines is 1. The number of aliphatic hydroxyl groups excluding tert-OH is 1. The molecule has 0 spiro atoms. The molecule has 21 heavy (non-hydrogen) atoms. The fourth-order valence-corrected chi connectivity index (χ4v) is 2.59. The maximum Gasteiger partial charge on any atom is 0.322 e. The molecule has 118 valence electrons. The average Bonchev–Trinajstić information content (AvgIpc) is 2.42. The van der Waals surface area contributed by atoms with E-state index in [9.17, 15) is 9.90 Å². The topological polar surface area (TPSA) is 52.6 Å². The average molecular weight is 310 g/mol. The minimum absolute atomic E-state index is 0.0402. The van der Waals surface area contributed by atoms with Crippen molar-refractivity contribution in [3.05, 3.63) is 29.8 Å². The lowest BCUT2D eigenvalue weighted by atomic mass is 10.2. The number of amides is 2. The number of hydrogen-bond donors (Lipinski definition) is 2. The summed E-state index contributed by atoms with van der Waals surface area (Å²) in [6.45, 7) is 8.03. The maximum absolute atomic E-state index is 12.3. The third kappa shape index (κ3) is 6.40. The van der Waals surface area contributed by atoms with Crippen LogP contribution < -0.4 is 5.32 Å². The summed E-state index contributed by atoms with van der Waals surface area (Å²) >= 11 is 1.85. The molecule has 1 atom stereocenters. The predicted octanol–water partition coefficient (Wildman–Crippen LogP) is 3.56. The number of hydrogen-bond acceptors (Lipinski definition) is 3. The highest BCUT2D eigenvalue weighted by atomic mass is 32.2. The lowest BCUT2D eigenvalue weighted by Crippen LogP contribution is -2.43. The van der Waals surface area contributed by atoms with Crippen LogP contribution in [-0.4, -0.2) is 40.5 Å². The molecule has 1 unspecified atom stereocenters. The van der Waals surface area contributed by atoms with Gasteiger partial charge in [-0.2, -0.15) is 11.8 Å². The summed E-state index contributed by atoms with van der Waals surface area (Å²) in [6.07, 6.45) is -0.537. The molecular weight excluding hydrogens is 284 g/mol. The molecular formula is C16H26N2O2S. The van der Waals surface area contributed by atoms with E-state index in [0.717, 1.165) is 17.2 Å². The summed E-state index contributed by atoms with van der Waals surface area (Å²) < 4.78 is 0. The van der Waals surface area contributed by atoms with E-state index in [1.807, 2.05) is 43.8 Å². The van der Waals surface area contributed by atoms with Crippen LogP contribution >= 0.6 is 11.8 Å². The highest BCUT2D eigenvalue weighted by Crippen LogP contribution is 2.17. The van der Waals surface area contributed by atoms with Gasteiger partial charge >= 0.3 is 6.03 Å². The van der Waals surface area contributed by atoms with E-state index in [1.165, 1.54) is 5.56 Å². The van der Waals surface area contributed by atoms with E-state index in [2.05, 4.69) is 18.3 Å². The van der Waals surface area contributed by atoms with E-state index < -0.39 is 6.10 Å². The van der Waals surface area contributed by atoms with Crippen LogP contribution in [0.4, 0.5) is 10.5 Å². The summed E-state index contributed by atoms with van der Waals surface area (Å²) in [5, 5.41) is 12.4. The van der Waals surface area contributed by atoms with Gasteiger partial charge in [-0.25, -0.2) is 4.79 Å². The molecule has 0 aliphatic heterocycles. The first-order chi connectivity index (χ1) is 9.93. The number of nitrogens with zero attached hydrogens (tertiary/aromatic N) is 1. The van der Waals surface area contributed by atoms with E-state index in [0.29, 0.717) is 6.54 Å². The standard InChI is InChI=1S/C16H26N2O2S/c1-5-21-11-14-7-6-8-15(9-14)17-16(20)18(12(2)3)10-13(4)19/h6-9,12-13,19H,5,10-11H2,1-4H3,(H,17,20). The molecule has 5 heteroatoms. The van der Waals surface area contributed by atoms with Gasteiger partial charge in [-0.3, -0.25) is 0 Å². The van der Waals surface area contributed by atoms with Crippen molar-refractivity contribution in [2.45, 2.75) is 45.6 Å². The summed E-state index contributed by atoms with van der Waals surface area (Å²) in [5.41, 5.74) is 2.00. The van der Waals surface area contributed by atoms with Crippen LogP contribution in [-0.2, 0) is 5.75 Å². The fraction of sp³-hybridized carbons (Fsp3) is 0.562. The lowest BCUT2D eigenvalue weighted by Gasteiger charge is -2.28. The van der Waals surface area contributed by atoms with Gasteiger partial charge in [0.1, 0.15) is 0 Å². The van der Waals surface area contributed by atoms with Crippen LogP contribution in [0, 0.1) is 0 Å². The van der Waals surface area contributed by atoms with Crippen molar-refractivity contribution < 1.29 is 9.90 Å². The fourth-order valence-electron chi connectivity index (χ4n) is 1.97. The highest BCUT2D eigenvalue weighted by molar-refractivity contribution is 7.98. The largest absolute Gasteiger partial charge is 0.392 e. The van der Waals surface area contributed by atoms with Crippen LogP contribution in [0.15, 0.2) is 24.3 Å². The van der Waals surface area contributed by atoms with Crippen molar-refractivity contribution in [3.63, 3.8) is 0 Å². The van der Waals surface area contributed by atoms with Crippen LogP contribution in [0.3, 0.4) is 0 Å². The molecule has 0 heterocycles. The van der Waals surface area contributed by atoms with Crippen molar-refractivity contribution in [1.82, 2.24) is 4.90 Å². The van der Waals surface area contributed by atoms with Crippen molar-refractivity contribution >= 4 is 23.5 Å². The van der Waals surface area contributed by atoms with E-state index in [1.54, 1.807) is 11.8 Å². The normalized spacial score (nSPS) is 12.3. The van der Waals surface area contributed by atoms with Gasteiger partial charge in [0.25, 0.3) is 0 Å². The Balaban J connectivity index is 2.71. The Morgan fingerprint density at radius 3 is 2.67 bits per heavy atom. The monoisotopic (exact) mass is 310 g/mol. The molecule has 1 aromatic carbocycles. The van der Waals surface area contributed by atoms with Gasteiger partial charge in [0, 0.05) is 24.0 Å². The number of carbonyl (C=O) groups excluding carboxylic acids is 1. The molecule has 0 aliphatic carbocycles. The summed E-state index contributed by atoms with van der Waals surface area (Å²) in [7, 11) is 0. The number of rotatable bonds is 7. The number of nitrogens with one attached hydrogen (secondary N) is 1. The van der Waals surface area contributed by atoms with Crippen molar-refractivity contribution in [3.8, 4) is 0 Å². The van der Waals surface area contributed by atoms with Gasteiger partial charge < -0.3 is 15.3 Å². The molecule has 0 fully saturated rings. The Labute approximate surface area is 131 Å². The second kappa shape index (κ2) is 8.95. The molecule has 0 radical (unpaired) electrons. The van der Waals surface area contributed by atoms with Gasteiger partial charge in [-0.05, 0) is 44.2 Å². The minimum atomic E-state index is -0.537. The zero-order valence-electron chi connectivity index (χ0n) is 13.3. The van der Waals surface area contributed by atoms with Crippen molar-refractivity contribution in [2.24, 2.45) is 0 Å². The molecule has 2 N–H and O–H groups in total. The molecule has 1 rings (SSSR count). The van der Waals surface area contributed by atoms with Crippen LogP contribution in [0.25, 0.3) is 0 Å². The van der Waals surface area contributed by atoms with Gasteiger partial charge in [-0.1, -0.05) is 19.1 Å². The van der Waals surface area contributed by atoms with Gasteiger partial charge in [-0.15, -0.1) is 0 Å². The first kappa shape index (κ1) is 17.9. The van der Waals surface area contributed by atoms with E-state index in [-0.39, 0.29) is 12.1 Å². The molecule has 0 saturated heterocycles. The first-order valence-electron chi connectivity index (χ1n) is 7.36. The van der Waals surface area contributed by atoms with Crippen molar-refractivity contribution in [2.75, 3.05) is 17.6 Å². The van der Waals surface area contributed by atoms with Crippen LogP contribution in [0.2, 0.25) is 0 Å². The van der Waals surface area contributed by atoms with E-state index >= 15 is 0 Å². The maximum atomic E-state index is 12.3. The van der Waals surface area contributed by atoms with Gasteiger partial charge in [0.15, 0.2) is 0 Å². The number of urea groups is 1. The Bertz CT molecular complexity index is 450. The third-order valence-corrected chi connectivity index (χ3v) is 3.94. The van der Waals surface area contributed by atoms with Crippen LogP contribution in [0.1, 0.15) is 33.3 Å². The Morgan fingerprint density at radius 1 is 1.38 bits per heavy atom. The Kier molecular flexibility index (Phi) is 7.61. The van der Waals surface area contributed by atoms with Gasteiger partial charge in [0.05, 0.1) is 6.10 Å². The Morgan fingerprint density at radius 2 is 2.10 bits per heavy atom. The second-order valence-corrected chi connectivity index (χ2v) is 6.64. The van der Waals surface area contributed by atoms with E-state index in [4.69, 9.17) is 0 Å². The number of carbonyl (C=O) groups is 1. The predicted molar refractivity (Wildman–Crippen MR) is 90.8 cm³/mol. The molecule has 1 aromatic rings. The summed E-state index contributed by atoms with van der Waals surface area (Å²) in [6, 6.07) is 7.77. The molecule has 4 nitrogen and oxygen atoms in total. The second-order valence-electron chi connectivity index (χ2n) is 5.36. The molecule has 0 aliphatic rings. The summed E-state index contributed by atoms with van der Waals surface area (Å²) in [5.74, 6) is 2.02. The number of aliphatic hydroxyl groups is 1. The van der Waals surface area contributed by atoms with Gasteiger partial charge in [0.2, 0.25) is 0 Å². The van der Waals surface area contributed by atoms with Crippen LogP contribution in [0.5, 0.6) is 0 Å². The Hall–Kier alpha value is -1.20. The summed E-state index contributed by atoms with van der Waals surface area (Å²) in [4.78, 5) is 14.0. The third-order valence-electron chi connectivity index (χ3n) is 3.00. The zero-order valence-corrected chi connectivity index (χ0v) is 14.1. The molecule has 0 saturated carbocycles. The lowest BCUT2D eigenvalue weighted by molar-refractivity contribution is 0.125. The number of benzene rings is 1. The SMILES string of the molecule is CCSCc1cccc(NC(=O)N(CC(C)O)C(C)C)c1. The molecule has 0 aromatic heterocycles. The molecule has 0 bridgehead atoms.